The van der Waals surface area contributed by atoms with Crippen LogP contribution in [0.2, 0.25) is 0 Å². The summed E-state index contributed by atoms with van der Waals surface area (Å²) >= 11 is 0. The van der Waals surface area contributed by atoms with Crippen molar-refractivity contribution in [2.45, 2.75) is 25.6 Å². The molecule has 0 aromatic rings. The van der Waals surface area contributed by atoms with E-state index in [0.717, 1.165) is 11.3 Å². The lowest BCUT2D eigenvalue weighted by atomic mass is 9.51. The predicted molar refractivity (Wildman–Crippen MR) is 79.6 cm³/mol. The Bertz CT molecular complexity index is 732. The van der Waals surface area contributed by atoms with Crippen molar-refractivity contribution in [3.63, 3.8) is 0 Å². The van der Waals surface area contributed by atoms with Crippen molar-refractivity contribution >= 4 is 0 Å². The van der Waals surface area contributed by atoms with E-state index in [1.54, 1.807) is 6.08 Å². The van der Waals surface area contributed by atoms with Crippen molar-refractivity contribution in [2.24, 2.45) is 11.3 Å². The van der Waals surface area contributed by atoms with Crippen LogP contribution < -0.4 is 0 Å². The smallest absolute Gasteiger partial charge is 0.337 e. The van der Waals surface area contributed by atoms with Crippen LogP contribution in [0.1, 0.15) is 13.8 Å². The van der Waals surface area contributed by atoms with Gasteiger partial charge in [-0.15, -0.1) is 0 Å². The van der Waals surface area contributed by atoms with Gasteiger partial charge in [-0.1, -0.05) is 37.3 Å². The molecule has 0 saturated carbocycles. The first-order valence-electron chi connectivity index (χ1n) is 7.33. The number of allylic oxidation sites excluding steroid dienone is 8. The molecule has 0 aromatic carbocycles. The fourth-order valence-electron chi connectivity index (χ4n) is 3.97. The molecule has 2 aliphatic heterocycles. The van der Waals surface area contributed by atoms with Gasteiger partial charge < -0.3 is 4.90 Å². The largest absolute Gasteiger partial charge is 0.416 e. The van der Waals surface area contributed by atoms with Crippen LogP contribution in [-0.4, -0.2) is 16.6 Å². The van der Waals surface area contributed by atoms with Gasteiger partial charge in [0.2, 0.25) is 0 Å². The maximum absolute atomic E-state index is 13.1. The van der Waals surface area contributed by atoms with Crippen LogP contribution in [0.15, 0.2) is 71.7 Å². The summed E-state index contributed by atoms with van der Waals surface area (Å²) in [5.74, 6) is -0.258. The number of fused-ring (bicyclic) bond motifs is 5. The minimum atomic E-state index is -4.30. The highest BCUT2D eigenvalue weighted by Crippen LogP contribution is 2.61. The monoisotopic (exact) mass is 303 g/mol. The fourth-order valence-corrected chi connectivity index (χ4v) is 3.97. The van der Waals surface area contributed by atoms with Crippen molar-refractivity contribution < 1.29 is 13.2 Å². The molecule has 0 N–H and O–H groups in total. The molecular formula is C18H16F3N. The first-order valence-corrected chi connectivity index (χ1v) is 7.33. The molecule has 3 atom stereocenters. The molecule has 3 unspecified atom stereocenters. The number of alkyl halides is 3. The first-order chi connectivity index (χ1) is 10.3. The van der Waals surface area contributed by atoms with Gasteiger partial charge in [0.15, 0.2) is 0 Å². The molecule has 4 aliphatic rings. The molecule has 4 rings (SSSR count). The van der Waals surface area contributed by atoms with Gasteiger partial charge in [0.05, 0.1) is 11.1 Å². The Labute approximate surface area is 127 Å². The van der Waals surface area contributed by atoms with Crippen LogP contribution in [0, 0.1) is 11.3 Å². The highest BCUT2D eigenvalue weighted by molar-refractivity contribution is 5.56. The molecule has 2 aliphatic carbocycles. The van der Waals surface area contributed by atoms with Gasteiger partial charge in [-0.3, -0.25) is 0 Å². The molecule has 0 fully saturated rings. The zero-order valence-corrected chi connectivity index (χ0v) is 12.4. The van der Waals surface area contributed by atoms with Crippen molar-refractivity contribution in [3.8, 4) is 0 Å². The Morgan fingerprint density at radius 1 is 1.05 bits per heavy atom. The van der Waals surface area contributed by atoms with Gasteiger partial charge in [0.1, 0.15) is 0 Å². The molecule has 0 aromatic heterocycles. The van der Waals surface area contributed by atoms with E-state index in [-0.39, 0.29) is 16.9 Å². The molecule has 0 saturated heterocycles. The Morgan fingerprint density at radius 3 is 2.45 bits per heavy atom. The normalized spacial score (nSPS) is 38.3. The summed E-state index contributed by atoms with van der Waals surface area (Å²) in [7, 11) is 0. The summed E-state index contributed by atoms with van der Waals surface area (Å²) in [5.41, 5.74) is 0.761. The van der Waals surface area contributed by atoms with Gasteiger partial charge in [0.25, 0.3) is 0 Å². The van der Waals surface area contributed by atoms with Gasteiger partial charge in [0, 0.05) is 23.2 Å². The Morgan fingerprint density at radius 2 is 1.82 bits per heavy atom. The predicted octanol–water partition coefficient (Wildman–Crippen LogP) is 4.65. The summed E-state index contributed by atoms with van der Waals surface area (Å²) in [5, 5.41) is 0. The number of hydrogen-bond donors (Lipinski definition) is 0. The SMILES string of the molecule is CC12C=CC1(C)N1C=CC=CC1=C1C=CC(C(F)(F)F)=CC12. The van der Waals surface area contributed by atoms with Crippen molar-refractivity contribution in [1.29, 1.82) is 0 Å². The van der Waals surface area contributed by atoms with Crippen molar-refractivity contribution in [3.05, 3.63) is 71.7 Å². The van der Waals surface area contributed by atoms with E-state index in [1.807, 2.05) is 37.4 Å². The third-order valence-electron chi connectivity index (χ3n) is 5.60. The Balaban J connectivity index is 1.93. The van der Waals surface area contributed by atoms with Crippen molar-refractivity contribution in [2.75, 3.05) is 0 Å². The molecule has 0 bridgehead atoms. The highest BCUT2D eigenvalue weighted by atomic mass is 19.4. The molecule has 0 spiro atoms. The molecule has 4 heteroatoms. The summed E-state index contributed by atoms with van der Waals surface area (Å²) in [4.78, 5) is 2.18. The van der Waals surface area contributed by atoms with Crippen LogP contribution in [0.3, 0.4) is 0 Å². The topological polar surface area (TPSA) is 3.24 Å². The van der Waals surface area contributed by atoms with Crippen LogP contribution in [0.5, 0.6) is 0 Å². The van der Waals surface area contributed by atoms with E-state index in [0.29, 0.717) is 0 Å². The Hall–Kier alpha value is -1.97. The van der Waals surface area contributed by atoms with Gasteiger partial charge in [-0.25, -0.2) is 0 Å². The van der Waals surface area contributed by atoms with E-state index in [2.05, 4.69) is 17.9 Å². The summed E-state index contributed by atoms with van der Waals surface area (Å²) < 4.78 is 39.3. The third-order valence-corrected chi connectivity index (χ3v) is 5.60. The number of rotatable bonds is 0. The van der Waals surface area contributed by atoms with E-state index in [4.69, 9.17) is 0 Å². The zero-order valence-electron chi connectivity index (χ0n) is 12.4. The fraction of sp³-hybridized carbons (Fsp3) is 0.333. The van der Waals surface area contributed by atoms with E-state index < -0.39 is 11.7 Å². The Kier molecular flexibility index (Phi) is 2.40. The minimum absolute atomic E-state index is 0.258. The minimum Gasteiger partial charge on any atom is -0.337 e. The lowest BCUT2D eigenvalue weighted by molar-refractivity contribution is -0.0894. The molecule has 1 nitrogen and oxygen atoms in total. The second kappa shape index (κ2) is 3.86. The van der Waals surface area contributed by atoms with E-state index in [9.17, 15) is 13.2 Å². The van der Waals surface area contributed by atoms with E-state index >= 15 is 0 Å². The number of halogens is 3. The average Bonchev–Trinajstić information content (AvgIpc) is 2.50. The van der Waals surface area contributed by atoms with Gasteiger partial charge in [-0.2, -0.15) is 13.2 Å². The molecule has 0 amide bonds. The summed E-state index contributed by atoms with van der Waals surface area (Å²) in [6.45, 7) is 4.14. The standard InChI is InChI=1S/C18H16F3N/c1-16-8-9-17(16,2)22-10-4-3-5-15(22)13-7-6-12(11-14(13)16)18(19,20)21/h3-11,14H,1-2H3. The molecule has 2 heterocycles. The lowest BCUT2D eigenvalue weighted by Gasteiger charge is -2.63. The van der Waals surface area contributed by atoms with Crippen molar-refractivity contribution in [1.82, 2.24) is 4.90 Å². The number of nitrogens with zero attached hydrogens (tertiary/aromatic N) is 1. The first kappa shape index (κ1) is 13.7. The quantitative estimate of drug-likeness (QED) is 0.589. The summed E-state index contributed by atoms with van der Waals surface area (Å²) in [6.07, 6.45) is 11.9. The van der Waals surface area contributed by atoms with Crippen LogP contribution in [-0.2, 0) is 0 Å². The van der Waals surface area contributed by atoms with Crippen LogP contribution in [0.4, 0.5) is 13.2 Å². The maximum atomic E-state index is 13.1. The average molecular weight is 303 g/mol. The molecular weight excluding hydrogens is 287 g/mol. The third kappa shape index (κ3) is 1.45. The van der Waals surface area contributed by atoms with Gasteiger partial charge in [-0.05, 0) is 30.7 Å². The molecule has 22 heavy (non-hydrogen) atoms. The number of hydrogen-bond acceptors (Lipinski definition) is 1. The second-order valence-corrected chi connectivity index (χ2v) is 6.61. The second-order valence-electron chi connectivity index (χ2n) is 6.61. The highest BCUT2D eigenvalue weighted by Gasteiger charge is 2.59. The van der Waals surface area contributed by atoms with Crippen LogP contribution >= 0.6 is 0 Å². The summed E-state index contributed by atoms with van der Waals surface area (Å²) in [6, 6.07) is 0. The zero-order chi connectivity index (χ0) is 15.8. The van der Waals surface area contributed by atoms with E-state index in [1.165, 1.54) is 12.2 Å². The lowest BCUT2D eigenvalue weighted by Crippen LogP contribution is -2.63. The molecule has 114 valence electrons. The van der Waals surface area contributed by atoms with Crippen LogP contribution in [0.25, 0.3) is 0 Å². The van der Waals surface area contributed by atoms with Gasteiger partial charge >= 0.3 is 6.18 Å². The molecule has 0 radical (unpaired) electrons. The maximum Gasteiger partial charge on any atom is 0.416 e.